The highest BCUT2D eigenvalue weighted by molar-refractivity contribution is 5.86. The first kappa shape index (κ1) is 13.2. The van der Waals surface area contributed by atoms with Gasteiger partial charge in [-0.05, 0) is 56.5 Å². The van der Waals surface area contributed by atoms with Crippen LogP contribution in [0.3, 0.4) is 0 Å². The molecule has 1 aliphatic carbocycles. The highest BCUT2D eigenvalue weighted by atomic mass is 15.1. The Labute approximate surface area is 120 Å². The van der Waals surface area contributed by atoms with Gasteiger partial charge in [0.05, 0.1) is 5.56 Å². The van der Waals surface area contributed by atoms with E-state index in [9.17, 15) is 5.26 Å². The smallest absolute Gasteiger partial charge is 0.101 e. The highest BCUT2D eigenvalue weighted by Crippen LogP contribution is 2.40. The SMILES string of the molecule is CN(C)C[C@@H]1CCC[C@H]1c1ccc2[nH]cc(C#N)c2c1. The molecule has 1 N–H and O–H groups in total. The number of hydrogen-bond acceptors (Lipinski definition) is 2. The van der Waals surface area contributed by atoms with Gasteiger partial charge in [0, 0.05) is 23.6 Å². The molecule has 0 amide bonds. The number of fused-ring (bicyclic) bond motifs is 1. The van der Waals surface area contributed by atoms with Crippen LogP contribution in [-0.2, 0) is 0 Å². The summed E-state index contributed by atoms with van der Waals surface area (Å²) in [5.41, 5.74) is 3.22. The van der Waals surface area contributed by atoms with Gasteiger partial charge in [0.15, 0.2) is 0 Å². The molecular formula is C17H21N3. The van der Waals surface area contributed by atoms with E-state index in [1.165, 1.54) is 24.8 Å². The van der Waals surface area contributed by atoms with Gasteiger partial charge >= 0.3 is 0 Å². The molecule has 104 valence electrons. The Balaban J connectivity index is 1.95. The third kappa shape index (κ3) is 2.32. The molecule has 0 spiro atoms. The first-order valence-corrected chi connectivity index (χ1v) is 7.35. The number of nitrogens with one attached hydrogen (secondary N) is 1. The lowest BCUT2D eigenvalue weighted by atomic mass is 9.88. The van der Waals surface area contributed by atoms with Crippen LogP contribution >= 0.6 is 0 Å². The summed E-state index contributed by atoms with van der Waals surface area (Å²) < 4.78 is 0. The first-order chi connectivity index (χ1) is 9.69. The normalized spacial score (nSPS) is 22.5. The van der Waals surface area contributed by atoms with Gasteiger partial charge < -0.3 is 9.88 Å². The number of nitrogens with zero attached hydrogens (tertiary/aromatic N) is 2. The van der Waals surface area contributed by atoms with Crippen molar-refractivity contribution in [3.8, 4) is 6.07 Å². The fourth-order valence-corrected chi connectivity index (χ4v) is 3.62. The van der Waals surface area contributed by atoms with Crippen molar-refractivity contribution in [1.82, 2.24) is 9.88 Å². The van der Waals surface area contributed by atoms with Crippen LogP contribution in [0.4, 0.5) is 0 Å². The topological polar surface area (TPSA) is 42.8 Å². The van der Waals surface area contributed by atoms with E-state index in [-0.39, 0.29) is 0 Å². The number of H-pyrrole nitrogens is 1. The summed E-state index contributed by atoms with van der Waals surface area (Å²) in [5.74, 6) is 1.38. The Morgan fingerprint density at radius 1 is 1.35 bits per heavy atom. The zero-order valence-electron chi connectivity index (χ0n) is 12.2. The molecule has 0 aliphatic heterocycles. The van der Waals surface area contributed by atoms with Crippen LogP contribution in [-0.4, -0.2) is 30.5 Å². The molecule has 1 heterocycles. The molecule has 0 radical (unpaired) electrons. The molecule has 1 fully saturated rings. The molecule has 1 aromatic carbocycles. The largest absolute Gasteiger partial charge is 0.360 e. The third-order valence-electron chi connectivity index (χ3n) is 4.51. The molecule has 2 atom stereocenters. The maximum absolute atomic E-state index is 9.18. The fraction of sp³-hybridized carbons (Fsp3) is 0.471. The number of aromatic amines is 1. The van der Waals surface area contributed by atoms with E-state index in [0.29, 0.717) is 5.92 Å². The number of hydrogen-bond donors (Lipinski definition) is 1. The maximum Gasteiger partial charge on any atom is 0.101 e. The molecule has 0 bridgehead atoms. The van der Waals surface area contributed by atoms with E-state index in [2.05, 4.69) is 48.2 Å². The average molecular weight is 267 g/mol. The Bertz CT molecular complexity index is 648. The van der Waals surface area contributed by atoms with E-state index in [0.717, 1.165) is 28.9 Å². The molecule has 20 heavy (non-hydrogen) atoms. The van der Waals surface area contributed by atoms with Crippen molar-refractivity contribution in [2.24, 2.45) is 5.92 Å². The van der Waals surface area contributed by atoms with E-state index in [4.69, 9.17) is 0 Å². The van der Waals surface area contributed by atoms with Crippen LogP contribution in [0.5, 0.6) is 0 Å². The Hall–Kier alpha value is -1.79. The summed E-state index contributed by atoms with van der Waals surface area (Å²) in [6.07, 6.45) is 5.72. The molecule has 3 nitrogen and oxygen atoms in total. The predicted octanol–water partition coefficient (Wildman–Crippen LogP) is 3.48. The fourth-order valence-electron chi connectivity index (χ4n) is 3.62. The minimum atomic E-state index is 0.642. The van der Waals surface area contributed by atoms with Crippen molar-refractivity contribution in [1.29, 1.82) is 5.26 Å². The van der Waals surface area contributed by atoms with Crippen molar-refractivity contribution >= 4 is 10.9 Å². The van der Waals surface area contributed by atoms with Gasteiger partial charge in [0.25, 0.3) is 0 Å². The van der Waals surface area contributed by atoms with E-state index >= 15 is 0 Å². The summed E-state index contributed by atoms with van der Waals surface area (Å²) in [6.45, 7) is 1.15. The van der Waals surface area contributed by atoms with Crippen LogP contribution in [0.25, 0.3) is 10.9 Å². The number of rotatable bonds is 3. The van der Waals surface area contributed by atoms with Crippen LogP contribution in [0, 0.1) is 17.2 Å². The Morgan fingerprint density at radius 2 is 2.20 bits per heavy atom. The zero-order chi connectivity index (χ0) is 14.1. The van der Waals surface area contributed by atoms with Crippen LogP contribution in [0.15, 0.2) is 24.4 Å². The van der Waals surface area contributed by atoms with Crippen molar-refractivity contribution in [3.05, 3.63) is 35.5 Å². The van der Waals surface area contributed by atoms with Crippen LogP contribution in [0.1, 0.15) is 36.3 Å². The second-order valence-corrected chi connectivity index (χ2v) is 6.18. The van der Waals surface area contributed by atoms with Crippen molar-refractivity contribution < 1.29 is 0 Å². The average Bonchev–Trinajstić information content (AvgIpc) is 3.03. The molecule has 0 saturated heterocycles. The summed E-state index contributed by atoms with van der Waals surface area (Å²) >= 11 is 0. The van der Waals surface area contributed by atoms with Crippen molar-refractivity contribution in [3.63, 3.8) is 0 Å². The second-order valence-electron chi connectivity index (χ2n) is 6.18. The minimum Gasteiger partial charge on any atom is -0.360 e. The summed E-state index contributed by atoms with van der Waals surface area (Å²) in [6, 6.07) is 8.85. The molecule has 1 aromatic heterocycles. The van der Waals surface area contributed by atoms with Crippen molar-refractivity contribution in [2.75, 3.05) is 20.6 Å². The van der Waals surface area contributed by atoms with Gasteiger partial charge in [-0.1, -0.05) is 12.5 Å². The lowest BCUT2D eigenvalue weighted by Gasteiger charge is -2.23. The van der Waals surface area contributed by atoms with Crippen LogP contribution in [0.2, 0.25) is 0 Å². The maximum atomic E-state index is 9.18. The minimum absolute atomic E-state index is 0.642. The summed E-state index contributed by atoms with van der Waals surface area (Å²) in [5, 5.41) is 10.2. The standard InChI is InChI=1S/C17H21N3/c1-20(2)11-13-4-3-5-15(13)12-6-7-17-16(8-12)14(9-18)10-19-17/h6-8,10,13,15,19H,3-5,11H2,1-2H3/t13-,15-/m0/s1. The van der Waals surface area contributed by atoms with Crippen LogP contribution < -0.4 is 0 Å². The second kappa shape index (κ2) is 5.30. The summed E-state index contributed by atoms with van der Waals surface area (Å²) in [7, 11) is 4.30. The monoisotopic (exact) mass is 267 g/mol. The zero-order valence-corrected chi connectivity index (χ0v) is 12.2. The number of benzene rings is 1. The van der Waals surface area contributed by atoms with Gasteiger partial charge in [0.1, 0.15) is 6.07 Å². The van der Waals surface area contributed by atoms with E-state index in [1.54, 1.807) is 6.20 Å². The third-order valence-corrected chi connectivity index (χ3v) is 4.51. The predicted molar refractivity (Wildman–Crippen MR) is 81.6 cm³/mol. The quantitative estimate of drug-likeness (QED) is 0.925. The van der Waals surface area contributed by atoms with Gasteiger partial charge in [-0.25, -0.2) is 0 Å². The first-order valence-electron chi connectivity index (χ1n) is 7.35. The van der Waals surface area contributed by atoms with Crippen molar-refractivity contribution in [2.45, 2.75) is 25.2 Å². The molecule has 2 aromatic rings. The van der Waals surface area contributed by atoms with Gasteiger partial charge in [-0.15, -0.1) is 0 Å². The molecular weight excluding hydrogens is 246 g/mol. The molecule has 3 heteroatoms. The Morgan fingerprint density at radius 3 is 2.95 bits per heavy atom. The lowest BCUT2D eigenvalue weighted by Crippen LogP contribution is -2.23. The number of aromatic nitrogens is 1. The Kier molecular flexibility index (Phi) is 3.50. The van der Waals surface area contributed by atoms with E-state index < -0.39 is 0 Å². The summed E-state index contributed by atoms with van der Waals surface area (Å²) in [4.78, 5) is 5.46. The number of nitriles is 1. The van der Waals surface area contributed by atoms with Gasteiger partial charge in [-0.2, -0.15) is 5.26 Å². The molecule has 0 unspecified atom stereocenters. The molecule has 3 rings (SSSR count). The van der Waals surface area contributed by atoms with E-state index in [1.807, 2.05) is 0 Å². The van der Waals surface area contributed by atoms with Gasteiger partial charge in [-0.3, -0.25) is 0 Å². The highest BCUT2D eigenvalue weighted by Gasteiger charge is 2.29. The molecule has 1 saturated carbocycles. The van der Waals surface area contributed by atoms with Gasteiger partial charge in [0.2, 0.25) is 0 Å². The lowest BCUT2D eigenvalue weighted by molar-refractivity contribution is 0.310. The molecule has 1 aliphatic rings.